The predicted molar refractivity (Wildman–Crippen MR) is 114 cm³/mol. The highest BCUT2D eigenvalue weighted by Crippen LogP contribution is 2.36. The van der Waals surface area contributed by atoms with Crippen LogP contribution in [0, 0.1) is 17.1 Å². The number of piperidine rings is 1. The van der Waals surface area contributed by atoms with E-state index in [1.54, 1.807) is 30.3 Å². The lowest BCUT2D eigenvalue weighted by Gasteiger charge is -2.44. The summed E-state index contributed by atoms with van der Waals surface area (Å²) in [6.45, 7) is 0.0843. The normalized spacial score (nSPS) is 21.0. The van der Waals surface area contributed by atoms with Crippen molar-refractivity contribution in [2.75, 3.05) is 18.4 Å². The molecule has 4 N–H and O–H groups in total. The smallest absolute Gasteiger partial charge is 0.475 e. The molecule has 0 bridgehead atoms. The number of hydrogen-bond donors (Lipinski definition) is 3. The number of nitrogens with one attached hydrogen (secondary N) is 1. The molecule has 1 fully saturated rings. The highest BCUT2D eigenvalue weighted by molar-refractivity contribution is 6.04. The average Bonchev–Trinajstić information content (AvgIpc) is 2.80. The molecule has 0 aromatic heterocycles. The molecule has 0 aliphatic carbocycles. The Morgan fingerprint density at radius 2 is 1.86 bits per heavy atom. The molecule has 8 nitrogen and oxygen atoms in total. The van der Waals surface area contributed by atoms with Gasteiger partial charge in [0.15, 0.2) is 11.8 Å². The van der Waals surface area contributed by atoms with Gasteiger partial charge >= 0.3 is 12.1 Å². The van der Waals surface area contributed by atoms with E-state index in [0.717, 1.165) is 0 Å². The Kier molecular flexibility index (Phi) is 6.95. The van der Waals surface area contributed by atoms with E-state index in [9.17, 15) is 22.4 Å². The fourth-order valence-electron chi connectivity index (χ4n) is 3.64. The van der Waals surface area contributed by atoms with Gasteiger partial charge in [-0.1, -0.05) is 6.07 Å². The minimum atomic E-state index is -5.08. The zero-order valence-electron chi connectivity index (χ0n) is 17.8. The van der Waals surface area contributed by atoms with Gasteiger partial charge in [0, 0.05) is 24.2 Å². The predicted octanol–water partition coefficient (Wildman–Crippen LogP) is 3.04. The Labute approximate surface area is 195 Å². The number of carbonyl (C=O) groups is 2. The lowest BCUT2D eigenvalue weighted by molar-refractivity contribution is -0.192. The van der Waals surface area contributed by atoms with E-state index in [4.69, 9.17) is 20.9 Å². The maximum absolute atomic E-state index is 15.2. The van der Waals surface area contributed by atoms with E-state index in [0.29, 0.717) is 16.8 Å². The van der Waals surface area contributed by atoms with Gasteiger partial charge in [-0.3, -0.25) is 4.79 Å². The zero-order valence-corrected chi connectivity index (χ0v) is 17.8. The maximum atomic E-state index is 15.2. The fourth-order valence-corrected chi connectivity index (χ4v) is 3.64. The molecule has 2 heterocycles. The van der Waals surface area contributed by atoms with Crippen LogP contribution in [0.2, 0.25) is 0 Å². The molecule has 2 unspecified atom stereocenters. The Bertz CT molecular complexity index is 1210. The molecule has 2 aliphatic heterocycles. The van der Waals surface area contributed by atoms with Crippen LogP contribution in [0.25, 0.3) is 0 Å². The van der Waals surface area contributed by atoms with Crippen molar-refractivity contribution in [3.05, 3.63) is 65.0 Å². The van der Waals surface area contributed by atoms with Gasteiger partial charge in [0.1, 0.15) is 11.7 Å². The summed E-state index contributed by atoms with van der Waals surface area (Å²) in [6, 6.07) is 12.6. The van der Waals surface area contributed by atoms with Gasteiger partial charge in [0.2, 0.25) is 0 Å². The third-order valence-electron chi connectivity index (χ3n) is 5.39. The molecule has 13 heteroatoms. The van der Waals surface area contributed by atoms with Crippen LogP contribution in [0.1, 0.15) is 27.9 Å². The molecule has 4 rings (SSSR count). The number of likely N-dealkylation sites (tertiary alicyclic amines) is 1. The first kappa shape index (κ1) is 25.4. The van der Waals surface area contributed by atoms with Crippen molar-refractivity contribution in [3.63, 3.8) is 0 Å². The summed E-state index contributed by atoms with van der Waals surface area (Å²) in [5, 5.41) is 19.0. The van der Waals surface area contributed by atoms with E-state index in [2.05, 4.69) is 10.3 Å². The van der Waals surface area contributed by atoms with Crippen molar-refractivity contribution < 1.29 is 36.6 Å². The van der Waals surface area contributed by atoms with Crippen LogP contribution in [0.3, 0.4) is 0 Å². The lowest BCUT2D eigenvalue weighted by atomic mass is 9.91. The number of rotatable bonds is 1. The Morgan fingerprint density at radius 3 is 2.40 bits per heavy atom. The largest absolute Gasteiger partial charge is 0.490 e. The molecule has 2 aliphatic rings. The molecule has 2 aromatic carbocycles. The van der Waals surface area contributed by atoms with Crippen molar-refractivity contribution in [1.29, 1.82) is 5.26 Å². The number of fused-ring (bicyclic) bond motifs is 1. The molecule has 1 spiro atoms. The van der Waals surface area contributed by atoms with Gasteiger partial charge in [0.25, 0.3) is 5.91 Å². The highest BCUT2D eigenvalue weighted by Gasteiger charge is 2.47. The summed E-state index contributed by atoms with van der Waals surface area (Å²) in [4.78, 5) is 27.2. The molecular weight excluding hydrogens is 477 g/mol. The second-order valence-corrected chi connectivity index (χ2v) is 7.67. The average molecular weight is 495 g/mol. The fraction of sp³-hybridized carbons (Fsp3) is 0.273. The first-order chi connectivity index (χ1) is 16.4. The first-order valence-corrected chi connectivity index (χ1v) is 10.0. The van der Waals surface area contributed by atoms with Crippen molar-refractivity contribution >= 4 is 23.4 Å². The number of nitriles is 1. The molecule has 2 aromatic rings. The van der Waals surface area contributed by atoms with Gasteiger partial charge in [-0.2, -0.15) is 18.4 Å². The standard InChI is InChI=1S/C20H17F2N5O.C2HF3O2/c21-14-2-1-3-15-17(14)18(24)26-20(25-15)8-9-27(11-16(20)22)19(28)13-6-4-12(10-23)5-7-13;3-2(4,5)1(6)7/h1-7,16,25H,8-9,11H2,(H2,24,26);(H,6,7). The third-order valence-corrected chi connectivity index (χ3v) is 5.39. The highest BCUT2D eigenvalue weighted by atomic mass is 19.4. The van der Waals surface area contributed by atoms with Crippen LogP contribution < -0.4 is 11.1 Å². The van der Waals surface area contributed by atoms with Crippen molar-refractivity contribution in [2.45, 2.75) is 24.4 Å². The number of amidine groups is 1. The molecule has 0 radical (unpaired) electrons. The Morgan fingerprint density at radius 1 is 1.23 bits per heavy atom. The topological polar surface area (TPSA) is 132 Å². The van der Waals surface area contributed by atoms with Crippen molar-refractivity contribution in [1.82, 2.24) is 4.90 Å². The molecule has 1 saturated heterocycles. The van der Waals surface area contributed by atoms with Crippen LogP contribution in [0.4, 0.5) is 27.6 Å². The number of anilines is 1. The van der Waals surface area contributed by atoms with Crippen LogP contribution >= 0.6 is 0 Å². The molecular formula is C22H18F5N5O3. The summed E-state index contributed by atoms with van der Waals surface area (Å²) in [5.41, 5.74) is 5.95. The van der Waals surface area contributed by atoms with E-state index >= 15 is 4.39 Å². The van der Waals surface area contributed by atoms with Crippen LogP contribution in [0.15, 0.2) is 47.5 Å². The second kappa shape index (κ2) is 9.57. The van der Waals surface area contributed by atoms with E-state index < -0.39 is 29.8 Å². The minimum absolute atomic E-state index is 0.0543. The number of carbonyl (C=O) groups excluding carboxylic acids is 1. The Balaban J connectivity index is 0.000000429. The molecule has 0 saturated carbocycles. The van der Waals surface area contributed by atoms with Gasteiger partial charge in [-0.05, 0) is 36.4 Å². The summed E-state index contributed by atoms with van der Waals surface area (Å²) < 4.78 is 60.9. The van der Waals surface area contributed by atoms with E-state index in [1.807, 2.05) is 6.07 Å². The number of aliphatic imine (C=N–C) groups is 1. The molecule has 35 heavy (non-hydrogen) atoms. The van der Waals surface area contributed by atoms with Gasteiger partial charge < -0.3 is 21.1 Å². The number of carboxylic acids is 1. The number of alkyl halides is 4. The summed E-state index contributed by atoms with van der Waals surface area (Å²) in [6.07, 6.45) is -6.43. The Hall–Kier alpha value is -4.21. The summed E-state index contributed by atoms with van der Waals surface area (Å²) in [5.74, 6) is -3.65. The van der Waals surface area contributed by atoms with Crippen molar-refractivity contribution in [3.8, 4) is 6.07 Å². The summed E-state index contributed by atoms with van der Waals surface area (Å²) in [7, 11) is 0. The molecule has 2 atom stereocenters. The number of benzene rings is 2. The number of amides is 1. The minimum Gasteiger partial charge on any atom is -0.475 e. The zero-order chi connectivity index (χ0) is 26.0. The number of halogens is 5. The summed E-state index contributed by atoms with van der Waals surface area (Å²) >= 11 is 0. The monoisotopic (exact) mass is 495 g/mol. The third kappa shape index (κ3) is 5.32. The van der Waals surface area contributed by atoms with Crippen LogP contribution in [-0.2, 0) is 4.79 Å². The van der Waals surface area contributed by atoms with Crippen molar-refractivity contribution in [2.24, 2.45) is 10.7 Å². The molecule has 184 valence electrons. The number of nitrogens with zero attached hydrogens (tertiary/aromatic N) is 3. The second-order valence-electron chi connectivity index (χ2n) is 7.67. The van der Waals surface area contributed by atoms with E-state index in [-0.39, 0.29) is 36.8 Å². The number of hydrogen-bond acceptors (Lipinski definition) is 6. The lowest BCUT2D eigenvalue weighted by Crippen LogP contribution is -2.59. The SMILES string of the molecule is N#Cc1ccc(C(=O)N2CCC3(N=C(N)c4c(F)cccc4N3)C(F)C2)cc1.O=C(O)C(F)(F)F. The number of nitrogens with two attached hydrogens (primary N) is 1. The van der Waals surface area contributed by atoms with Gasteiger partial charge in [-0.15, -0.1) is 0 Å². The van der Waals surface area contributed by atoms with Crippen LogP contribution in [0.5, 0.6) is 0 Å². The first-order valence-electron chi connectivity index (χ1n) is 10.0. The quantitative estimate of drug-likeness (QED) is 0.521. The van der Waals surface area contributed by atoms with E-state index in [1.165, 1.54) is 17.0 Å². The van der Waals surface area contributed by atoms with Gasteiger partial charge in [-0.25, -0.2) is 18.6 Å². The maximum Gasteiger partial charge on any atom is 0.490 e. The van der Waals surface area contributed by atoms with Crippen LogP contribution in [-0.4, -0.2) is 58.8 Å². The number of aliphatic carboxylic acids is 1. The number of carboxylic acid groups (broad SMARTS) is 1. The molecule has 1 amide bonds. The van der Waals surface area contributed by atoms with Gasteiger partial charge in [0.05, 0.1) is 23.7 Å².